The van der Waals surface area contributed by atoms with E-state index in [0.29, 0.717) is 0 Å². The zero-order chi connectivity index (χ0) is 18.2. The van der Waals surface area contributed by atoms with Crippen LogP contribution in [-0.2, 0) is 25.7 Å². The first kappa shape index (κ1) is 15.6. The van der Waals surface area contributed by atoms with E-state index in [1.165, 1.54) is 109 Å². The maximum atomic E-state index is 6.83. The third-order valence-corrected chi connectivity index (χ3v) is 7.52. The quantitative estimate of drug-likeness (QED) is 0.565. The zero-order valence-electron chi connectivity index (χ0n) is 16.5. The molecule has 3 nitrogen and oxygen atoms in total. The molecule has 5 heterocycles. The summed E-state index contributed by atoms with van der Waals surface area (Å²) in [6.07, 6.45) is 12.3. The molecular formula is C25H27N2O+. The van der Waals surface area contributed by atoms with Crippen LogP contribution in [0.15, 0.2) is 12.1 Å². The number of benzene rings is 2. The number of rotatable bonds is 0. The Hall–Kier alpha value is -2.29. The summed E-state index contributed by atoms with van der Waals surface area (Å²) in [5, 5.41) is 2.84. The molecule has 5 aliphatic heterocycles. The van der Waals surface area contributed by atoms with E-state index >= 15 is 0 Å². The van der Waals surface area contributed by atoms with Gasteiger partial charge in [-0.2, -0.15) is 0 Å². The highest BCUT2D eigenvalue weighted by Crippen LogP contribution is 2.45. The van der Waals surface area contributed by atoms with Crippen molar-refractivity contribution in [1.29, 1.82) is 0 Å². The average molecular weight is 372 g/mol. The van der Waals surface area contributed by atoms with Crippen LogP contribution in [0, 0.1) is 0 Å². The molecule has 0 N–H and O–H groups in total. The lowest BCUT2D eigenvalue weighted by atomic mass is 9.87. The molecule has 0 aliphatic carbocycles. The van der Waals surface area contributed by atoms with Crippen LogP contribution in [0.4, 0.5) is 5.69 Å². The highest BCUT2D eigenvalue weighted by molar-refractivity contribution is 5.76. The molecule has 5 aliphatic rings. The third kappa shape index (κ3) is 2.02. The van der Waals surface area contributed by atoms with Gasteiger partial charge in [-0.3, -0.25) is 0 Å². The van der Waals surface area contributed by atoms with Gasteiger partial charge in [-0.05, 0) is 62.3 Å². The molecule has 0 radical (unpaired) electrons. The van der Waals surface area contributed by atoms with Gasteiger partial charge >= 0.3 is 0 Å². The van der Waals surface area contributed by atoms with Gasteiger partial charge in [-0.15, -0.1) is 0 Å². The summed E-state index contributed by atoms with van der Waals surface area (Å²) < 4.78 is 9.45. The van der Waals surface area contributed by atoms with Crippen molar-refractivity contribution in [2.24, 2.45) is 0 Å². The fraction of sp³-hybridized carbons (Fsp3) is 0.480. The normalized spacial score (nSPS) is 21.0. The van der Waals surface area contributed by atoms with Crippen molar-refractivity contribution in [2.45, 2.75) is 51.4 Å². The molecule has 0 amide bonds. The minimum Gasteiger partial charge on any atom is -0.455 e. The van der Waals surface area contributed by atoms with Crippen molar-refractivity contribution < 1.29 is 4.74 Å². The number of ether oxygens (including phenoxy) is 1. The standard InChI is InChI=1S/C25H27N2O/c1-5-16-13-18-15-19-14-17-6-2-10-27-12-4-8-21(23(17)27)25(19)28-24(18)20-7-3-11-26(9-1)22(16)20/h13-15H,1-12H2/q+1. The van der Waals surface area contributed by atoms with Crippen molar-refractivity contribution in [2.75, 3.05) is 31.1 Å². The topological polar surface area (TPSA) is 15.5 Å². The number of hydrogen-bond donors (Lipinski definition) is 0. The molecule has 142 valence electrons. The first-order chi connectivity index (χ1) is 13.9. The Morgan fingerprint density at radius 1 is 0.786 bits per heavy atom. The smallest absolute Gasteiger partial charge is 0.210 e. The molecule has 2 aromatic rings. The van der Waals surface area contributed by atoms with Crippen LogP contribution in [0.1, 0.15) is 53.5 Å². The third-order valence-electron chi connectivity index (χ3n) is 7.52. The maximum Gasteiger partial charge on any atom is 0.210 e. The van der Waals surface area contributed by atoms with Gasteiger partial charge < -0.3 is 9.64 Å². The van der Waals surface area contributed by atoms with Gasteiger partial charge in [0.1, 0.15) is 24.6 Å². The number of fused-ring (bicyclic) bond motifs is 4. The predicted molar refractivity (Wildman–Crippen MR) is 112 cm³/mol. The predicted octanol–water partition coefficient (Wildman–Crippen LogP) is 2.70. The highest BCUT2D eigenvalue weighted by Gasteiger charge is 2.32. The van der Waals surface area contributed by atoms with Gasteiger partial charge in [-0.1, -0.05) is 0 Å². The fourth-order valence-corrected chi connectivity index (χ4v) is 6.44. The summed E-state index contributed by atoms with van der Waals surface area (Å²) in [7, 11) is 0. The largest absolute Gasteiger partial charge is 0.455 e. The number of nitrogens with zero attached hydrogens (tertiary/aromatic N) is 2. The van der Waals surface area contributed by atoms with E-state index in [2.05, 4.69) is 27.7 Å². The van der Waals surface area contributed by atoms with E-state index in [-0.39, 0.29) is 0 Å². The van der Waals surface area contributed by atoms with Gasteiger partial charge in [0.05, 0.1) is 5.56 Å². The van der Waals surface area contributed by atoms with E-state index < -0.39 is 0 Å². The second-order valence-electron chi connectivity index (χ2n) is 9.20. The van der Waals surface area contributed by atoms with Crippen LogP contribution in [0.2, 0.25) is 0 Å². The summed E-state index contributed by atoms with van der Waals surface area (Å²) in [6.45, 7) is 4.86. The summed E-state index contributed by atoms with van der Waals surface area (Å²) in [6, 6.07) is 4.87. The van der Waals surface area contributed by atoms with E-state index in [0.717, 1.165) is 12.8 Å². The number of anilines is 1. The Kier molecular flexibility index (Phi) is 3.13. The molecule has 0 aromatic heterocycles. The van der Waals surface area contributed by atoms with Crippen LogP contribution in [0.5, 0.6) is 11.5 Å². The lowest BCUT2D eigenvalue weighted by molar-refractivity contribution is 0.432. The molecule has 0 atom stereocenters. The van der Waals surface area contributed by atoms with Gasteiger partial charge in [-0.25, -0.2) is 4.58 Å². The zero-order valence-corrected chi connectivity index (χ0v) is 16.5. The van der Waals surface area contributed by atoms with Crippen LogP contribution in [0.3, 0.4) is 0 Å². The number of aryl methyl sites for hydroxylation is 2. The Morgan fingerprint density at radius 2 is 1.57 bits per heavy atom. The van der Waals surface area contributed by atoms with Crippen LogP contribution < -0.4 is 24.8 Å². The fourth-order valence-electron chi connectivity index (χ4n) is 6.44. The molecule has 28 heavy (non-hydrogen) atoms. The van der Waals surface area contributed by atoms with Gasteiger partial charge in [0.15, 0.2) is 0 Å². The molecule has 0 fully saturated rings. The van der Waals surface area contributed by atoms with Crippen LogP contribution >= 0.6 is 0 Å². The molecule has 0 unspecified atom stereocenters. The molecule has 0 spiro atoms. The van der Waals surface area contributed by atoms with E-state index in [1.807, 2.05) is 0 Å². The lowest BCUT2D eigenvalue weighted by Crippen LogP contribution is -2.45. The Morgan fingerprint density at radius 3 is 2.50 bits per heavy atom. The van der Waals surface area contributed by atoms with E-state index in [9.17, 15) is 0 Å². The van der Waals surface area contributed by atoms with Crippen molar-refractivity contribution in [3.63, 3.8) is 0 Å². The maximum absolute atomic E-state index is 6.83. The highest BCUT2D eigenvalue weighted by atomic mass is 16.5. The van der Waals surface area contributed by atoms with E-state index in [4.69, 9.17) is 4.74 Å². The average Bonchev–Trinajstić information content (AvgIpc) is 2.74. The first-order valence-corrected chi connectivity index (χ1v) is 11.3. The summed E-state index contributed by atoms with van der Waals surface area (Å²) >= 11 is 0. The summed E-state index contributed by atoms with van der Waals surface area (Å²) in [5.74, 6) is 2.34. The second kappa shape index (κ2) is 5.62. The Bertz CT molecular complexity index is 1150. The van der Waals surface area contributed by atoms with E-state index in [1.54, 1.807) is 11.1 Å². The lowest BCUT2D eigenvalue weighted by Gasteiger charge is -2.38. The molecule has 7 rings (SSSR count). The monoisotopic (exact) mass is 371 g/mol. The van der Waals surface area contributed by atoms with Gasteiger partial charge in [0.25, 0.3) is 0 Å². The summed E-state index contributed by atoms with van der Waals surface area (Å²) in [5.41, 5.74) is 8.90. The minimum absolute atomic E-state index is 1.16. The van der Waals surface area contributed by atoms with Crippen LogP contribution in [-0.4, -0.2) is 26.2 Å². The molecule has 0 saturated heterocycles. The number of hydrogen-bond acceptors (Lipinski definition) is 2. The molecule has 2 aromatic carbocycles. The molecular weight excluding hydrogens is 344 g/mol. The second-order valence-corrected chi connectivity index (χ2v) is 9.20. The minimum atomic E-state index is 1.16. The first-order valence-electron chi connectivity index (χ1n) is 11.3. The van der Waals surface area contributed by atoms with Crippen molar-refractivity contribution >= 4 is 11.8 Å². The molecule has 0 saturated carbocycles. The van der Waals surface area contributed by atoms with Gasteiger partial charge in [0, 0.05) is 53.5 Å². The van der Waals surface area contributed by atoms with Crippen molar-refractivity contribution in [1.82, 2.24) is 4.58 Å². The summed E-state index contributed by atoms with van der Waals surface area (Å²) in [4.78, 5) is 2.62. The Balaban J connectivity index is 1.52. The van der Waals surface area contributed by atoms with Crippen molar-refractivity contribution in [3.05, 3.63) is 50.5 Å². The van der Waals surface area contributed by atoms with Crippen LogP contribution in [0.25, 0.3) is 6.08 Å². The van der Waals surface area contributed by atoms with Gasteiger partial charge in [0.2, 0.25) is 5.36 Å². The molecule has 3 heteroatoms. The SMILES string of the molecule is C1=c2cc3c4c(c2Oc2c1cc1c5c2CCCN5CCC1)CCC[N+]=4CCC3. The Labute approximate surface area is 165 Å². The molecule has 0 bridgehead atoms. The van der Waals surface area contributed by atoms with Crippen molar-refractivity contribution in [3.8, 4) is 11.5 Å².